The minimum absolute atomic E-state index is 0.688. The summed E-state index contributed by atoms with van der Waals surface area (Å²) in [6.45, 7) is 9.07. The van der Waals surface area contributed by atoms with E-state index in [4.69, 9.17) is 0 Å². The fourth-order valence-corrected chi connectivity index (χ4v) is 3.53. The average Bonchev–Trinajstić information content (AvgIpc) is 2.61. The zero-order valence-corrected chi connectivity index (χ0v) is 13.5. The van der Waals surface area contributed by atoms with Crippen molar-refractivity contribution in [2.45, 2.75) is 52.6 Å². The van der Waals surface area contributed by atoms with Gasteiger partial charge in [0.1, 0.15) is 0 Å². The first-order chi connectivity index (χ1) is 8.52. The van der Waals surface area contributed by atoms with Gasteiger partial charge in [0.2, 0.25) is 0 Å². The highest BCUT2D eigenvalue weighted by atomic mass is 79.9. The SMILES string of the molecule is CCc1nn(C)c(CN2CC(C)CCC2C)c1Br. The van der Waals surface area contributed by atoms with Gasteiger partial charge in [-0.05, 0) is 48.0 Å². The minimum atomic E-state index is 0.688. The van der Waals surface area contributed by atoms with Crippen LogP contribution in [-0.2, 0) is 20.0 Å². The molecule has 2 heterocycles. The molecule has 18 heavy (non-hydrogen) atoms. The zero-order valence-electron chi connectivity index (χ0n) is 11.9. The van der Waals surface area contributed by atoms with Crippen molar-refractivity contribution in [2.24, 2.45) is 13.0 Å². The van der Waals surface area contributed by atoms with Crippen LogP contribution in [0, 0.1) is 5.92 Å². The predicted octanol–water partition coefficient (Wildman–Crippen LogP) is 3.37. The maximum atomic E-state index is 4.58. The van der Waals surface area contributed by atoms with Crippen LogP contribution in [0.25, 0.3) is 0 Å². The van der Waals surface area contributed by atoms with Crippen molar-refractivity contribution in [3.63, 3.8) is 0 Å². The molecule has 102 valence electrons. The molecule has 2 unspecified atom stereocenters. The molecule has 0 bridgehead atoms. The lowest BCUT2D eigenvalue weighted by molar-refractivity contribution is 0.114. The summed E-state index contributed by atoms with van der Waals surface area (Å²) in [5, 5.41) is 4.58. The number of aryl methyl sites for hydroxylation is 2. The number of nitrogens with zero attached hydrogens (tertiary/aromatic N) is 3. The van der Waals surface area contributed by atoms with Crippen LogP contribution in [0.15, 0.2) is 4.47 Å². The van der Waals surface area contributed by atoms with Crippen molar-refractivity contribution < 1.29 is 0 Å². The fourth-order valence-electron chi connectivity index (χ4n) is 2.78. The van der Waals surface area contributed by atoms with Gasteiger partial charge in [-0.3, -0.25) is 9.58 Å². The molecule has 0 radical (unpaired) electrons. The molecule has 0 saturated carbocycles. The quantitative estimate of drug-likeness (QED) is 0.853. The van der Waals surface area contributed by atoms with Gasteiger partial charge in [0.25, 0.3) is 0 Å². The van der Waals surface area contributed by atoms with Gasteiger partial charge in [0.15, 0.2) is 0 Å². The lowest BCUT2D eigenvalue weighted by Crippen LogP contribution is -2.40. The Hall–Kier alpha value is -0.350. The molecule has 3 nitrogen and oxygen atoms in total. The smallest absolute Gasteiger partial charge is 0.0767 e. The first kappa shape index (κ1) is 14.1. The summed E-state index contributed by atoms with van der Waals surface area (Å²) >= 11 is 3.71. The van der Waals surface area contributed by atoms with Gasteiger partial charge >= 0.3 is 0 Å². The van der Waals surface area contributed by atoms with E-state index in [0.717, 1.165) is 18.9 Å². The molecule has 0 amide bonds. The van der Waals surface area contributed by atoms with E-state index in [9.17, 15) is 0 Å². The van der Waals surface area contributed by atoms with E-state index >= 15 is 0 Å². The summed E-state index contributed by atoms with van der Waals surface area (Å²) in [5.41, 5.74) is 2.48. The van der Waals surface area contributed by atoms with Gasteiger partial charge in [-0.15, -0.1) is 0 Å². The molecule has 1 aliphatic heterocycles. The third-order valence-electron chi connectivity index (χ3n) is 4.10. The second-order valence-corrected chi connectivity index (χ2v) is 6.44. The Kier molecular flexibility index (Phi) is 4.49. The number of hydrogen-bond acceptors (Lipinski definition) is 2. The van der Waals surface area contributed by atoms with Crippen LogP contribution >= 0.6 is 15.9 Å². The van der Waals surface area contributed by atoms with Crippen LogP contribution < -0.4 is 0 Å². The summed E-state index contributed by atoms with van der Waals surface area (Å²) in [5.74, 6) is 0.818. The van der Waals surface area contributed by atoms with Crippen LogP contribution in [0.1, 0.15) is 45.0 Å². The summed E-state index contributed by atoms with van der Waals surface area (Å²) in [7, 11) is 2.05. The summed E-state index contributed by atoms with van der Waals surface area (Å²) < 4.78 is 3.24. The summed E-state index contributed by atoms with van der Waals surface area (Å²) in [6, 6.07) is 0.688. The molecular weight excluding hydrogens is 290 g/mol. The van der Waals surface area contributed by atoms with Gasteiger partial charge in [-0.1, -0.05) is 13.8 Å². The monoisotopic (exact) mass is 313 g/mol. The molecule has 2 atom stereocenters. The molecule has 2 rings (SSSR count). The number of aromatic nitrogens is 2. The third-order valence-corrected chi connectivity index (χ3v) is 5.02. The van der Waals surface area contributed by atoms with Crippen molar-refractivity contribution in [3.05, 3.63) is 15.9 Å². The normalized spacial score (nSPS) is 25.6. The largest absolute Gasteiger partial charge is 0.295 e. The molecule has 0 aromatic carbocycles. The lowest BCUT2D eigenvalue weighted by Gasteiger charge is -2.36. The molecule has 0 spiro atoms. The van der Waals surface area contributed by atoms with Crippen molar-refractivity contribution in [1.29, 1.82) is 0 Å². The van der Waals surface area contributed by atoms with E-state index in [1.54, 1.807) is 0 Å². The number of hydrogen-bond donors (Lipinski definition) is 0. The van der Waals surface area contributed by atoms with Crippen LogP contribution in [0.5, 0.6) is 0 Å². The summed E-state index contributed by atoms with van der Waals surface area (Å²) in [4.78, 5) is 2.59. The lowest BCUT2D eigenvalue weighted by atomic mass is 9.95. The van der Waals surface area contributed by atoms with E-state index < -0.39 is 0 Å². The molecular formula is C14H24BrN3. The molecule has 1 fully saturated rings. The van der Waals surface area contributed by atoms with E-state index in [2.05, 4.69) is 53.7 Å². The summed E-state index contributed by atoms with van der Waals surface area (Å²) in [6.07, 6.45) is 3.67. The molecule has 1 aromatic heterocycles. The Labute approximate surface area is 119 Å². The highest BCUT2D eigenvalue weighted by molar-refractivity contribution is 9.10. The van der Waals surface area contributed by atoms with Gasteiger partial charge in [0, 0.05) is 26.2 Å². The molecule has 1 aliphatic rings. The van der Waals surface area contributed by atoms with Crippen LogP contribution in [0.2, 0.25) is 0 Å². The predicted molar refractivity (Wildman–Crippen MR) is 78.6 cm³/mol. The second kappa shape index (κ2) is 5.74. The van der Waals surface area contributed by atoms with Crippen molar-refractivity contribution in [3.8, 4) is 0 Å². The van der Waals surface area contributed by atoms with Gasteiger partial charge in [-0.2, -0.15) is 5.10 Å². The first-order valence-corrected chi connectivity index (χ1v) is 7.76. The van der Waals surface area contributed by atoms with E-state index in [-0.39, 0.29) is 0 Å². The number of halogens is 1. The molecule has 1 aromatic rings. The van der Waals surface area contributed by atoms with Gasteiger partial charge in [0.05, 0.1) is 15.9 Å². The Bertz CT molecular complexity index is 413. The minimum Gasteiger partial charge on any atom is -0.295 e. The first-order valence-electron chi connectivity index (χ1n) is 6.97. The molecule has 0 aliphatic carbocycles. The number of likely N-dealkylation sites (tertiary alicyclic amines) is 1. The fraction of sp³-hybridized carbons (Fsp3) is 0.786. The topological polar surface area (TPSA) is 21.1 Å². The number of piperidine rings is 1. The average molecular weight is 314 g/mol. The van der Waals surface area contributed by atoms with Gasteiger partial charge in [-0.25, -0.2) is 0 Å². The third kappa shape index (κ3) is 2.80. The molecule has 4 heteroatoms. The highest BCUT2D eigenvalue weighted by Gasteiger charge is 2.25. The van der Waals surface area contributed by atoms with Crippen LogP contribution in [0.4, 0.5) is 0 Å². The van der Waals surface area contributed by atoms with E-state index in [0.29, 0.717) is 6.04 Å². The zero-order chi connectivity index (χ0) is 13.3. The molecule has 1 saturated heterocycles. The van der Waals surface area contributed by atoms with Crippen molar-refractivity contribution in [1.82, 2.24) is 14.7 Å². The second-order valence-electron chi connectivity index (χ2n) is 5.65. The maximum Gasteiger partial charge on any atom is 0.0767 e. The standard InChI is InChI=1S/C14H24BrN3/c1-5-12-14(15)13(17(4)16-12)9-18-8-10(2)6-7-11(18)3/h10-11H,5-9H2,1-4H3. The Balaban J connectivity index is 2.15. The van der Waals surface area contributed by atoms with Crippen LogP contribution in [-0.4, -0.2) is 27.3 Å². The highest BCUT2D eigenvalue weighted by Crippen LogP contribution is 2.27. The Morgan fingerprint density at radius 3 is 2.67 bits per heavy atom. The van der Waals surface area contributed by atoms with Crippen LogP contribution in [0.3, 0.4) is 0 Å². The number of rotatable bonds is 3. The Morgan fingerprint density at radius 2 is 2.06 bits per heavy atom. The van der Waals surface area contributed by atoms with Crippen molar-refractivity contribution in [2.75, 3.05) is 6.54 Å². The van der Waals surface area contributed by atoms with E-state index in [1.807, 2.05) is 4.68 Å². The van der Waals surface area contributed by atoms with Gasteiger partial charge < -0.3 is 0 Å². The maximum absolute atomic E-state index is 4.58. The Morgan fingerprint density at radius 1 is 1.33 bits per heavy atom. The molecule has 0 N–H and O–H groups in total. The van der Waals surface area contributed by atoms with Crippen molar-refractivity contribution >= 4 is 15.9 Å². The van der Waals surface area contributed by atoms with E-state index in [1.165, 1.54) is 35.2 Å².